The molecule has 0 fully saturated rings. The first-order valence-electron chi connectivity index (χ1n) is 14.5. The van der Waals surface area contributed by atoms with E-state index in [1.54, 1.807) is 13.2 Å². The van der Waals surface area contributed by atoms with Gasteiger partial charge < -0.3 is 35.1 Å². The largest absolute Gasteiger partial charge is 0.481 e. The zero-order valence-corrected chi connectivity index (χ0v) is 25.4. The quantitative estimate of drug-likeness (QED) is 0.140. The van der Waals surface area contributed by atoms with Crippen LogP contribution in [0.25, 0.3) is 11.1 Å². The highest BCUT2D eigenvalue weighted by atomic mass is 16.5. The Morgan fingerprint density at radius 3 is 1.95 bits per heavy atom. The predicted molar refractivity (Wildman–Crippen MR) is 167 cm³/mol. The van der Waals surface area contributed by atoms with Gasteiger partial charge in [0.05, 0.1) is 25.9 Å². The van der Waals surface area contributed by atoms with Crippen molar-refractivity contribution in [2.45, 2.75) is 40.2 Å². The SMILES string of the molecule is COc1nc(OCc2cccc(-c3cccc(COc4ccc(CNCCO)c(C)n4)c3C)c2C#N)ccc1CNCCO. The second-order valence-electron chi connectivity index (χ2n) is 10.1. The highest BCUT2D eigenvalue weighted by Crippen LogP contribution is 2.31. The first-order valence-corrected chi connectivity index (χ1v) is 14.5. The van der Waals surface area contributed by atoms with Crippen LogP contribution >= 0.6 is 0 Å². The maximum atomic E-state index is 10.2. The number of pyridine rings is 2. The third kappa shape index (κ3) is 8.30. The molecule has 4 rings (SSSR count). The van der Waals surface area contributed by atoms with Crippen molar-refractivity contribution in [2.75, 3.05) is 33.4 Å². The van der Waals surface area contributed by atoms with Gasteiger partial charge in [-0.2, -0.15) is 10.2 Å². The fourth-order valence-corrected chi connectivity index (χ4v) is 4.79. The van der Waals surface area contributed by atoms with E-state index in [1.165, 1.54) is 0 Å². The lowest BCUT2D eigenvalue weighted by Gasteiger charge is -2.16. The number of methoxy groups -OCH3 is 1. The van der Waals surface area contributed by atoms with E-state index in [0.29, 0.717) is 56.0 Å². The van der Waals surface area contributed by atoms with Crippen LogP contribution in [0.5, 0.6) is 17.6 Å². The van der Waals surface area contributed by atoms with E-state index in [2.05, 4.69) is 26.7 Å². The minimum Gasteiger partial charge on any atom is -0.481 e. The van der Waals surface area contributed by atoms with E-state index in [-0.39, 0.29) is 19.8 Å². The standard InChI is InChI=1S/C34H39N5O5/c1-23-27(21-43-32-12-10-25(24(2)38-32)19-36-14-16-40)6-4-8-29(23)30-9-5-7-28(31(30)18-35)22-44-33-13-11-26(20-37-15-17-41)34(39-33)42-3/h4-13,36-37,40-41H,14-17,19-22H2,1-3H3. The average Bonchev–Trinajstić information content (AvgIpc) is 3.04. The van der Waals surface area contributed by atoms with E-state index >= 15 is 0 Å². The number of aryl methyl sites for hydroxylation is 1. The topological polar surface area (TPSA) is 142 Å². The summed E-state index contributed by atoms with van der Waals surface area (Å²) in [4.78, 5) is 9.04. The number of nitrogens with one attached hydrogen (secondary N) is 2. The normalized spacial score (nSPS) is 10.8. The van der Waals surface area contributed by atoms with Gasteiger partial charge in [-0.15, -0.1) is 0 Å². The monoisotopic (exact) mass is 597 g/mol. The molecule has 2 aromatic carbocycles. The molecule has 2 heterocycles. The molecule has 0 spiro atoms. The lowest BCUT2D eigenvalue weighted by molar-refractivity contribution is 0.284. The van der Waals surface area contributed by atoms with Crippen LogP contribution in [0.15, 0.2) is 60.7 Å². The van der Waals surface area contributed by atoms with Crippen LogP contribution in [0.4, 0.5) is 0 Å². The van der Waals surface area contributed by atoms with Gasteiger partial charge in [0.2, 0.25) is 17.6 Å². The van der Waals surface area contributed by atoms with Crippen LogP contribution in [0, 0.1) is 25.2 Å². The molecule has 0 amide bonds. The van der Waals surface area contributed by atoms with Crippen molar-refractivity contribution in [1.29, 1.82) is 5.26 Å². The molecule has 0 atom stereocenters. The third-order valence-corrected chi connectivity index (χ3v) is 7.23. The molecule has 230 valence electrons. The summed E-state index contributed by atoms with van der Waals surface area (Å²) in [6.45, 7) is 6.74. The molecule has 4 aromatic rings. The smallest absolute Gasteiger partial charge is 0.220 e. The van der Waals surface area contributed by atoms with Crippen LogP contribution in [-0.4, -0.2) is 53.6 Å². The number of benzene rings is 2. The van der Waals surface area contributed by atoms with Gasteiger partial charge in [-0.1, -0.05) is 42.5 Å². The first-order chi connectivity index (χ1) is 21.5. The Bertz CT molecular complexity index is 1590. The highest BCUT2D eigenvalue weighted by Gasteiger charge is 2.15. The second kappa shape index (κ2) is 16.4. The zero-order valence-electron chi connectivity index (χ0n) is 25.4. The van der Waals surface area contributed by atoms with E-state index in [9.17, 15) is 5.26 Å². The van der Waals surface area contributed by atoms with Gasteiger partial charge in [0.15, 0.2) is 0 Å². The number of hydrogen-bond donors (Lipinski definition) is 4. The molecule has 0 aliphatic rings. The highest BCUT2D eigenvalue weighted by molar-refractivity contribution is 5.75. The van der Waals surface area contributed by atoms with Crippen molar-refractivity contribution in [1.82, 2.24) is 20.6 Å². The number of aliphatic hydroxyl groups excluding tert-OH is 2. The molecule has 2 aromatic heterocycles. The average molecular weight is 598 g/mol. The molecule has 44 heavy (non-hydrogen) atoms. The Morgan fingerprint density at radius 2 is 1.32 bits per heavy atom. The van der Waals surface area contributed by atoms with Gasteiger partial charge in [-0.3, -0.25) is 0 Å². The summed E-state index contributed by atoms with van der Waals surface area (Å²) in [5.74, 6) is 1.36. The summed E-state index contributed by atoms with van der Waals surface area (Å²) in [5.41, 5.74) is 7.82. The van der Waals surface area contributed by atoms with Gasteiger partial charge in [0, 0.05) is 60.7 Å². The number of nitrogens with zero attached hydrogens (tertiary/aromatic N) is 3. The van der Waals surface area contributed by atoms with Crippen LogP contribution in [-0.2, 0) is 26.3 Å². The maximum absolute atomic E-state index is 10.2. The summed E-state index contributed by atoms with van der Waals surface area (Å²) in [5, 5.41) is 34.4. The molecule has 0 aliphatic carbocycles. The molecular weight excluding hydrogens is 558 g/mol. The minimum atomic E-state index is 0.0481. The number of hydrogen-bond acceptors (Lipinski definition) is 10. The molecule has 0 aliphatic heterocycles. The van der Waals surface area contributed by atoms with E-state index in [1.807, 2.05) is 68.4 Å². The van der Waals surface area contributed by atoms with Crippen molar-refractivity contribution in [3.63, 3.8) is 0 Å². The van der Waals surface area contributed by atoms with Crippen molar-refractivity contribution < 1.29 is 24.4 Å². The molecule has 10 nitrogen and oxygen atoms in total. The molecule has 4 N–H and O–H groups in total. The van der Waals surface area contributed by atoms with Crippen molar-refractivity contribution >= 4 is 0 Å². The second-order valence-corrected chi connectivity index (χ2v) is 10.1. The number of aromatic nitrogens is 2. The van der Waals surface area contributed by atoms with Crippen molar-refractivity contribution in [2.24, 2.45) is 0 Å². The van der Waals surface area contributed by atoms with Crippen LogP contribution < -0.4 is 24.8 Å². The van der Waals surface area contributed by atoms with Gasteiger partial charge in [0.25, 0.3) is 0 Å². The Kier molecular flexibility index (Phi) is 12.0. The van der Waals surface area contributed by atoms with Gasteiger partial charge in [-0.05, 0) is 42.2 Å². The summed E-state index contributed by atoms with van der Waals surface area (Å²) in [6, 6.07) is 21.6. The van der Waals surface area contributed by atoms with Crippen LogP contribution in [0.2, 0.25) is 0 Å². The Labute approximate surface area is 258 Å². The van der Waals surface area contributed by atoms with Crippen LogP contribution in [0.1, 0.15) is 39.1 Å². The lowest BCUT2D eigenvalue weighted by Crippen LogP contribution is -2.18. The molecule has 0 unspecified atom stereocenters. The fourth-order valence-electron chi connectivity index (χ4n) is 4.79. The minimum absolute atomic E-state index is 0.0481. The first kappa shape index (κ1) is 32.4. The molecule has 0 saturated heterocycles. The summed E-state index contributed by atoms with van der Waals surface area (Å²) >= 11 is 0. The molecule has 0 bridgehead atoms. The summed E-state index contributed by atoms with van der Waals surface area (Å²) in [6.07, 6.45) is 0. The fraction of sp³-hybridized carbons (Fsp3) is 0.324. The molecule has 0 radical (unpaired) electrons. The number of rotatable bonds is 16. The predicted octanol–water partition coefficient (Wildman–Crippen LogP) is 3.96. The molecule has 0 saturated carbocycles. The van der Waals surface area contributed by atoms with E-state index < -0.39 is 0 Å². The van der Waals surface area contributed by atoms with Crippen molar-refractivity contribution in [3.8, 4) is 34.8 Å². The van der Waals surface area contributed by atoms with Gasteiger partial charge >= 0.3 is 0 Å². The summed E-state index contributed by atoms with van der Waals surface area (Å²) < 4.78 is 17.5. The number of nitriles is 1. The Morgan fingerprint density at radius 1 is 0.727 bits per heavy atom. The summed E-state index contributed by atoms with van der Waals surface area (Å²) in [7, 11) is 1.55. The third-order valence-electron chi connectivity index (χ3n) is 7.23. The molecular formula is C34H39N5O5. The lowest BCUT2D eigenvalue weighted by atomic mass is 9.91. The van der Waals surface area contributed by atoms with E-state index in [0.717, 1.165) is 44.6 Å². The number of aliphatic hydroxyl groups is 2. The van der Waals surface area contributed by atoms with Crippen LogP contribution in [0.3, 0.4) is 0 Å². The van der Waals surface area contributed by atoms with E-state index in [4.69, 9.17) is 24.4 Å². The van der Waals surface area contributed by atoms with Crippen molar-refractivity contribution in [3.05, 3.63) is 99.7 Å². The van der Waals surface area contributed by atoms with Gasteiger partial charge in [0.1, 0.15) is 19.3 Å². The number of ether oxygens (including phenoxy) is 3. The Balaban J connectivity index is 1.48. The Hall–Kier alpha value is -4.53. The maximum Gasteiger partial charge on any atom is 0.220 e. The van der Waals surface area contributed by atoms with Gasteiger partial charge in [-0.25, -0.2) is 4.98 Å². The molecule has 10 heteroatoms. The zero-order chi connectivity index (χ0) is 31.3.